The second kappa shape index (κ2) is 7.48. The minimum Gasteiger partial charge on any atom is -0.394 e. The molecular weight excluding hydrogens is 232 g/mol. The van der Waals surface area contributed by atoms with Crippen molar-refractivity contribution >= 4 is 0 Å². The van der Waals surface area contributed by atoms with Crippen LogP contribution in [-0.2, 0) is 20.8 Å². The highest BCUT2D eigenvalue weighted by molar-refractivity contribution is 5.13. The lowest BCUT2D eigenvalue weighted by Gasteiger charge is -2.29. The first-order valence-electron chi connectivity index (χ1n) is 6.38. The molecule has 0 spiro atoms. The van der Waals surface area contributed by atoms with E-state index in [0.29, 0.717) is 26.2 Å². The lowest BCUT2D eigenvalue weighted by atomic mass is 10.2. The molecule has 2 atom stereocenters. The first-order valence-corrected chi connectivity index (χ1v) is 6.38. The van der Waals surface area contributed by atoms with Crippen molar-refractivity contribution in [3.63, 3.8) is 0 Å². The third kappa shape index (κ3) is 4.38. The van der Waals surface area contributed by atoms with Crippen LogP contribution in [0.5, 0.6) is 0 Å². The number of hydrogen-bond acceptors (Lipinski definition) is 4. The molecule has 18 heavy (non-hydrogen) atoms. The number of benzene rings is 1. The first-order chi connectivity index (χ1) is 8.88. The van der Waals surface area contributed by atoms with E-state index < -0.39 is 0 Å². The maximum absolute atomic E-state index is 9.02. The topological polar surface area (TPSA) is 47.9 Å². The second-order valence-corrected chi connectivity index (χ2v) is 4.36. The summed E-state index contributed by atoms with van der Waals surface area (Å²) >= 11 is 0. The highest BCUT2D eigenvalue weighted by Gasteiger charge is 2.21. The van der Waals surface area contributed by atoms with Gasteiger partial charge in [-0.3, -0.25) is 0 Å². The Bertz CT molecular complexity index is 328. The van der Waals surface area contributed by atoms with Crippen LogP contribution in [-0.4, -0.2) is 37.3 Å². The number of ether oxygens (including phenoxy) is 3. The van der Waals surface area contributed by atoms with Crippen LogP contribution in [0.1, 0.15) is 18.4 Å². The largest absolute Gasteiger partial charge is 0.394 e. The smallest absolute Gasteiger partial charge is 0.160 e. The van der Waals surface area contributed by atoms with Gasteiger partial charge in [0.2, 0.25) is 0 Å². The summed E-state index contributed by atoms with van der Waals surface area (Å²) in [6.07, 6.45) is 1.13. The van der Waals surface area contributed by atoms with Gasteiger partial charge in [0.15, 0.2) is 6.29 Å². The summed E-state index contributed by atoms with van der Waals surface area (Å²) in [6.45, 7) is 1.91. The second-order valence-electron chi connectivity index (χ2n) is 4.36. The standard InChI is InChI=1S/C14H20O4/c15-10-13-6-9-17-14(18-13)7-8-16-11-12-4-2-1-3-5-12/h1-5,13-15H,6-11H2/t13-,14-/m0/s1. The van der Waals surface area contributed by atoms with Crippen LogP contribution in [0.2, 0.25) is 0 Å². The Balaban J connectivity index is 1.60. The zero-order valence-corrected chi connectivity index (χ0v) is 10.5. The molecular formula is C14H20O4. The molecule has 0 amide bonds. The Morgan fingerprint density at radius 2 is 2.11 bits per heavy atom. The van der Waals surface area contributed by atoms with Gasteiger partial charge in [-0.2, -0.15) is 0 Å². The Hall–Kier alpha value is -0.940. The summed E-state index contributed by atoms with van der Waals surface area (Å²) < 4.78 is 16.6. The molecule has 0 unspecified atom stereocenters. The Kier molecular flexibility index (Phi) is 5.61. The molecule has 100 valence electrons. The van der Waals surface area contributed by atoms with Gasteiger partial charge in [0, 0.05) is 6.42 Å². The van der Waals surface area contributed by atoms with Crippen LogP contribution in [0.25, 0.3) is 0 Å². The summed E-state index contributed by atoms with van der Waals surface area (Å²) in [6, 6.07) is 10.1. The molecule has 0 bridgehead atoms. The molecule has 0 saturated carbocycles. The van der Waals surface area contributed by atoms with Crippen LogP contribution in [0.4, 0.5) is 0 Å². The van der Waals surface area contributed by atoms with E-state index in [1.54, 1.807) is 0 Å². The predicted molar refractivity (Wildman–Crippen MR) is 67.0 cm³/mol. The van der Waals surface area contributed by atoms with Gasteiger partial charge in [0.1, 0.15) is 0 Å². The Morgan fingerprint density at radius 1 is 1.28 bits per heavy atom. The highest BCUT2D eigenvalue weighted by Crippen LogP contribution is 2.14. The summed E-state index contributed by atoms with van der Waals surface area (Å²) in [7, 11) is 0. The van der Waals surface area contributed by atoms with E-state index in [2.05, 4.69) is 0 Å². The number of aliphatic hydroxyl groups excluding tert-OH is 1. The van der Waals surface area contributed by atoms with Gasteiger partial charge in [-0.05, 0) is 12.0 Å². The van der Waals surface area contributed by atoms with Crippen molar-refractivity contribution in [2.75, 3.05) is 19.8 Å². The monoisotopic (exact) mass is 252 g/mol. The minimum atomic E-state index is -0.244. The fourth-order valence-corrected chi connectivity index (χ4v) is 1.88. The van der Waals surface area contributed by atoms with E-state index in [0.717, 1.165) is 12.0 Å². The fourth-order valence-electron chi connectivity index (χ4n) is 1.88. The number of rotatable bonds is 6. The lowest BCUT2D eigenvalue weighted by molar-refractivity contribution is -0.225. The predicted octanol–water partition coefficient (Wildman–Crippen LogP) is 1.72. The normalized spacial score (nSPS) is 24.1. The fraction of sp³-hybridized carbons (Fsp3) is 0.571. The molecule has 1 N–H and O–H groups in total. The SMILES string of the molecule is OC[C@@H]1CCO[C@H](CCOCc2ccccc2)O1. The zero-order chi connectivity index (χ0) is 12.6. The van der Waals surface area contributed by atoms with Crippen LogP contribution >= 0.6 is 0 Å². The van der Waals surface area contributed by atoms with Gasteiger partial charge in [0.05, 0.1) is 32.5 Å². The van der Waals surface area contributed by atoms with Gasteiger partial charge in [0.25, 0.3) is 0 Å². The molecule has 2 rings (SSSR count). The van der Waals surface area contributed by atoms with Crippen molar-refractivity contribution in [2.24, 2.45) is 0 Å². The van der Waals surface area contributed by atoms with Crippen molar-refractivity contribution in [1.82, 2.24) is 0 Å². The molecule has 1 aliphatic heterocycles. The maximum Gasteiger partial charge on any atom is 0.160 e. The lowest BCUT2D eigenvalue weighted by Crippen LogP contribution is -2.35. The van der Waals surface area contributed by atoms with E-state index in [-0.39, 0.29) is 19.0 Å². The molecule has 0 aliphatic carbocycles. The van der Waals surface area contributed by atoms with Crippen molar-refractivity contribution in [2.45, 2.75) is 31.8 Å². The van der Waals surface area contributed by atoms with E-state index in [4.69, 9.17) is 19.3 Å². The van der Waals surface area contributed by atoms with E-state index in [9.17, 15) is 0 Å². The molecule has 1 aliphatic rings. The van der Waals surface area contributed by atoms with Crippen molar-refractivity contribution < 1.29 is 19.3 Å². The molecule has 4 nitrogen and oxygen atoms in total. The average molecular weight is 252 g/mol. The molecule has 4 heteroatoms. The van der Waals surface area contributed by atoms with Crippen molar-refractivity contribution in [1.29, 1.82) is 0 Å². The maximum atomic E-state index is 9.02. The van der Waals surface area contributed by atoms with Crippen LogP contribution < -0.4 is 0 Å². The Labute approximate surface area is 107 Å². The minimum absolute atomic E-state index is 0.0603. The third-order valence-electron chi connectivity index (χ3n) is 2.90. The van der Waals surface area contributed by atoms with E-state index >= 15 is 0 Å². The summed E-state index contributed by atoms with van der Waals surface area (Å²) in [5.41, 5.74) is 1.16. The molecule has 1 fully saturated rings. The molecule has 1 saturated heterocycles. The molecule has 0 radical (unpaired) electrons. The number of aliphatic hydroxyl groups is 1. The van der Waals surface area contributed by atoms with Gasteiger partial charge in [-0.15, -0.1) is 0 Å². The van der Waals surface area contributed by atoms with Crippen molar-refractivity contribution in [3.05, 3.63) is 35.9 Å². The van der Waals surface area contributed by atoms with Gasteiger partial charge in [-0.25, -0.2) is 0 Å². The van der Waals surface area contributed by atoms with Crippen LogP contribution in [0, 0.1) is 0 Å². The van der Waals surface area contributed by atoms with Gasteiger partial charge in [-0.1, -0.05) is 30.3 Å². The average Bonchev–Trinajstić information content (AvgIpc) is 2.45. The molecule has 1 aromatic carbocycles. The molecule has 1 aromatic rings. The summed E-state index contributed by atoms with van der Waals surface area (Å²) in [5, 5.41) is 9.02. The third-order valence-corrected chi connectivity index (χ3v) is 2.90. The van der Waals surface area contributed by atoms with Crippen LogP contribution in [0.3, 0.4) is 0 Å². The summed E-state index contributed by atoms with van der Waals surface area (Å²) in [5.74, 6) is 0. The van der Waals surface area contributed by atoms with Gasteiger partial charge >= 0.3 is 0 Å². The quantitative estimate of drug-likeness (QED) is 0.783. The highest BCUT2D eigenvalue weighted by atomic mass is 16.7. The van der Waals surface area contributed by atoms with Crippen LogP contribution in [0.15, 0.2) is 30.3 Å². The molecule has 1 heterocycles. The van der Waals surface area contributed by atoms with E-state index in [1.165, 1.54) is 0 Å². The first kappa shape index (κ1) is 13.5. The van der Waals surface area contributed by atoms with Gasteiger partial charge < -0.3 is 19.3 Å². The van der Waals surface area contributed by atoms with Crippen molar-refractivity contribution in [3.8, 4) is 0 Å². The van der Waals surface area contributed by atoms with E-state index in [1.807, 2.05) is 30.3 Å². The zero-order valence-electron chi connectivity index (χ0n) is 10.5. The molecule has 0 aromatic heterocycles. The summed E-state index contributed by atoms with van der Waals surface area (Å²) in [4.78, 5) is 0. The number of hydrogen-bond donors (Lipinski definition) is 1. The Morgan fingerprint density at radius 3 is 2.89 bits per heavy atom.